The minimum Gasteiger partial charge on any atom is -0.481 e. The van der Waals surface area contributed by atoms with Crippen molar-refractivity contribution >= 4 is 27.5 Å². The van der Waals surface area contributed by atoms with Crippen LogP contribution in [0.15, 0.2) is 47.4 Å². The van der Waals surface area contributed by atoms with Crippen LogP contribution in [0.1, 0.15) is 35.2 Å². The average molecular weight is 461 g/mol. The maximum atomic E-state index is 13.0. The summed E-state index contributed by atoms with van der Waals surface area (Å²) >= 11 is 6.17. The first kappa shape index (κ1) is 23.1. The van der Waals surface area contributed by atoms with E-state index in [1.165, 1.54) is 22.5 Å². The van der Waals surface area contributed by atoms with Gasteiger partial charge in [-0.05, 0) is 55.2 Å². The van der Waals surface area contributed by atoms with Crippen LogP contribution in [0.2, 0.25) is 5.02 Å². The van der Waals surface area contributed by atoms with E-state index in [1.807, 2.05) is 24.3 Å². The van der Waals surface area contributed by atoms with E-state index in [4.69, 9.17) is 22.8 Å². The summed E-state index contributed by atoms with van der Waals surface area (Å²) < 4.78 is 32.7. The maximum Gasteiger partial charge on any atom is 0.251 e. The van der Waals surface area contributed by atoms with E-state index >= 15 is 0 Å². The Kier molecular flexibility index (Phi) is 7.97. The summed E-state index contributed by atoms with van der Waals surface area (Å²) in [4.78, 5) is 12.6. The molecule has 1 amide bonds. The van der Waals surface area contributed by atoms with Crippen molar-refractivity contribution in [3.05, 3.63) is 58.6 Å². The fourth-order valence-corrected chi connectivity index (χ4v) is 5.40. The molecule has 0 spiro atoms. The normalized spacial score (nSPS) is 14.6. The first-order chi connectivity index (χ1) is 14.9. The molecule has 0 saturated carbocycles. The summed E-state index contributed by atoms with van der Waals surface area (Å²) in [5.74, 6) is 2.75. The van der Waals surface area contributed by atoms with Gasteiger partial charge in [-0.1, -0.05) is 36.1 Å². The Labute approximate surface area is 188 Å². The fraction of sp³-hybridized carbons (Fsp3) is 0.348. The van der Waals surface area contributed by atoms with Crippen LogP contribution in [0.5, 0.6) is 5.75 Å². The summed E-state index contributed by atoms with van der Waals surface area (Å²) in [6.07, 6.45) is 8.46. The van der Waals surface area contributed by atoms with E-state index in [1.54, 1.807) is 0 Å². The minimum atomic E-state index is -3.73. The van der Waals surface area contributed by atoms with Gasteiger partial charge in [-0.15, -0.1) is 6.42 Å². The molecule has 6 nitrogen and oxygen atoms in total. The lowest BCUT2D eigenvalue weighted by Crippen LogP contribution is -2.36. The molecule has 0 atom stereocenters. The van der Waals surface area contributed by atoms with Gasteiger partial charge in [-0.2, -0.15) is 4.31 Å². The Bertz CT molecular complexity index is 1060. The molecular weight excluding hydrogens is 436 g/mol. The van der Waals surface area contributed by atoms with Gasteiger partial charge in [-0.25, -0.2) is 8.42 Å². The third-order valence-corrected chi connectivity index (χ3v) is 7.45. The molecule has 31 heavy (non-hydrogen) atoms. The molecule has 1 aliphatic rings. The zero-order chi connectivity index (χ0) is 22.3. The summed E-state index contributed by atoms with van der Waals surface area (Å²) in [6, 6.07) is 11.8. The van der Waals surface area contributed by atoms with E-state index < -0.39 is 10.0 Å². The summed E-state index contributed by atoms with van der Waals surface area (Å²) in [5, 5.41) is 2.95. The molecule has 2 aromatic rings. The molecule has 0 radical (unpaired) electrons. The monoisotopic (exact) mass is 460 g/mol. The van der Waals surface area contributed by atoms with Crippen LogP contribution in [-0.2, 0) is 16.4 Å². The van der Waals surface area contributed by atoms with E-state index in [-0.39, 0.29) is 28.0 Å². The minimum absolute atomic E-state index is 0.0220. The number of sulfonamides is 1. The summed E-state index contributed by atoms with van der Waals surface area (Å²) in [5.41, 5.74) is 1.29. The quantitative estimate of drug-likeness (QED) is 0.612. The number of hydrogen-bond donors (Lipinski definition) is 1. The van der Waals surface area contributed by atoms with Crippen molar-refractivity contribution in [1.29, 1.82) is 0 Å². The van der Waals surface area contributed by atoms with Gasteiger partial charge in [0.1, 0.15) is 17.3 Å². The predicted molar refractivity (Wildman–Crippen MR) is 121 cm³/mol. The molecule has 0 aliphatic carbocycles. The van der Waals surface area contributed by atoms with Crippen LogP contribution in [-0.4, -0.2) is 44.9 Å². The number of terminal acetylenes is 1. The van der Waals surface area contributed by atoms with Crippen molar-refractivity contribution in [2.75, 3.05) is 26.2 Å². The highest BCUT2D eigenvalue weighted by atomic mass is 35.5. The largest absolute Gasteiger partial charge is 0.481 e. The maximum absolute atomic E-state index is 13.0. The summed E-state index contributed by atoms with van der Waals surface area (Å²) in [6.45, 7) is 1.56. The smallest absolute Gasteiger partial charge is 0.251 e. The van der Waals surface area contributed by atoms with Crippen molar-refractivity contribution in [3.63, 3.8) is 0 Å². The third-order valence-electron chi connectivity index (χ3n) is 5.07. The van der Waals surface area contributed by atoms with Crippen molar-refractivity contribution in [2.45, 2.75) is 30.6 Å². The first-order valence-corrected chi connectivity index (χ1v) is 12.0. The Morgan fingerprint density at radius 3 is 2.52 bits per heavy atom. The SMILES string of the molecule is C#CCOc1ccc(CCNC(=O)c2ccc(Cl)c(S(=O)(=O)N3CCCCC3)c2)cc1. The van der Waals surface area contributed by atoms with E-state index in [0.717, 1.165) is 24.8 Å². The topological polar surface area (TPSA) is 75.7 Å². The molecule has 1 heterocycles. The molecule has 8 heteroatoms. The van der Waals surface area contributed by atoms with Gasteiger partial charge in [0.25, 0.3) is 5.91 Å². The number of hydrogen-bond acceptors (Lipinski definition) is 4. The molecule has 0 aromatic heterocycles. The van der Waals surface area contributed by atoms with Crippen LogP contribution in [0, 0.1) is 12.3 Å². The molecule has 3 rings (SSSR count). The second-order valence-electron chi connectivity index (χ2n) is 7.25. The average Bonchev–Trinajstić information content (AvgIpc) is 2.79. The Hall–Kier alpha value is -2.53. The Morgan fingerprint density at radius 1 is 1.13 bits per heavy atom. The molecule has 1 N–H and O–H groups in total. The number of carbonyl (C=O) groups is 1. The van der Waals surface area contributed by atoms with Crippen LogP contribution in [0.25, 0.3) is 0 Å². The van der Waals surface area contributed by atoms with E-state index in [9.17, 15) is 13.2 Å². The highest BCUT2D eigenvalue weighted by Crippen LogP contribution is 2.28. The number of benzene rings is 2. The summed E-state index contributed by atoms with van der Waals surface area (Å²) in [7, 11) is -3.73. The molecule has 0 bridgehead atoms. The highest BCUT2D eigenvalue weighted by molar-refractivity contribution is 7.89. The highest BCUT2D eigenvalue weighted by Gasteiger charge is 2.28. The van der Waals surface area contributed by atoms with Crippen LogP contribution in [0.4, 0.5) is 0 Å². The van der Waals surface area contributed by atoms with Crippen molar-refractivity contribution < 1.29 is 17.9 Å². The van der Waals surface area contributed by atoms with Gasteiger partial charge in [0.15, 0.2) is 0 Å². The van der Waals surface area contributed by atoms with Crippen LogP contribution >= 0.6 is 11.6 Å². The second kappa shape index (κ2) is 10.7. The standard InChI is InChI=1S/C23H25ClN2O4S/c1-2-16-30-20-9-6-18(7-10-20)12-13-25-23(27)19-8-11-21(24)22(17-19)31(28,29)26-14-4-3-5-15-26/h1,6-11,17H,3-5,12-16H2,(H,25,27). The number of halogens is 1. The zero-order valence-electron chi connectivity index (χ0n) is 17.1. The fourth-order valence-electron chi connectivity index (χ4n) is 3.39. The van der Waals surface area contributed by atoms with Crippen molar-refractivity contribution in [3.8, 4) is 18.1 Å². The van der Waals surface area contributed by atoms with Gasteiger partial charge in [0, 0.05) is 25.2 Å². The van der Waals surface area contributed by atoms with Crippen molar-refractivity contribution in [1.82, 2.24) is 9.62 Å². The first-order valence-electron chi connectivity index (χ1n) is 10.1. The van der Waals surface area contributed by atoms with E-state index in [0.29, 0.717) is 31.8 Å². The number of nitrogens with zero attached hydrogens (tertiary/aromatic N) is 1. The number of ether oxygens (including phenoxy) is 1. The zero-order valence-corrected chi connectivity index (χ0v) is 18.7. The van der Waals surface area contributed by atoms with Gasteiger partial charge in [0.05, 0.1) is 5.02 Å². The molecule has 2 aromatic carbocycles. The Morgan fingerprint density at radius 2 is 1.84 bits per heavy atom. The lowest BCUT2D eigenvalue weighted by atomic mass is 10.1. The third kappa shape index (κ3) is 6.01. The molecule has 164 valence electrons. The number of amides is 1. The van der Waals surface area contributed by atoms with Crippen molar-refractivity contribution in [2.24, 2.45) is 0 Å². The molecule has 1 aliphatic heterocycles. The molecule has 1 saturated heterocycles. The number of rotatable bonds is 8. The lowest BCUT2D eigenvalue weighted by Gasteiger charge is -2.26. The number of carbonyl (C=O) groups excluding carboxylic acids is 1. The van der Waals surface area contributed by atoms with Gasteiger partial charge in [-0.3, -0.25) is 4.79 Å². The number of piperidine rings is 1. The molecule has 1 fully saturated rings. The van der Waals surface area contributed by atoms with Gasteiger partial charge < -0.3 is 10.1 Å². The second-order valence-corrected chi connectivity index (χ2v) is 9.57. The molecular formula is C23H25ClN2O4S. The van der Waals surface area contributed by atoms with E-state index in [2.05, 4.69) is 11.2 Å². The lowest BCUT2D eigenvalue weighted by molar-refractivity contribution is 0.0954. The number of nitrogens with one attached hydrogen (secondary N) is 1. The van der Waals surface area contributed by atoms with Crippen LogP contribution < -0.4 is 10.1 Å². The van der Waals surface area contributed by atoms with Gasteiger partial charge in [0.2, 0.25) is 10.0 Å². The van der Waals surface area contributed by atoms with Gasteiger partial charge >= 0.3 is 0 Å². The van der Waals surface area contributed by atoms with Crippen LogP contribution in [0.3, 0.4) is 0 Å². The Balaban J connectivity index is 1.62. The predicted octanol–water partition coefficient (Wildman–Crippen LogP) is 3.50. The molecule has 0 unspecified atom stereocenters.